The highest BCUT2D eigenvalue weighted by Crippen LogP contribution is 2.30. The largest absolute Gasteiger partial charge is 0.380 e. The van der Waals surface area contributed by atoms with Crippen LogP contribution in [-0.2, 0) is 21.2 Å². The summed E-state index contributed by atoms with van der Waals surface area (Å²) in [5.74, 6) is 0.104. The first kappa shape index (κ1) is 19.0. The van der Waals surface area contributed by atoms with Gasteiger partial charge < -0.3 is 4.74 Å². The number of halogens is 1. The average Bonchev–Trinajstić information content (AvgIpc) is 2.46. The third-order valence-electron chi connectivity index (χ3n) is 3.51. The van der Waals surface area contributed by atoms with Crippen LogP contribution in [0, 0.1) is 5.41 Å². The van der Waals surface area contributed by atoms with Crippen LogP contribution in [0.4, 0.5) is 0 Å². The Morgan fingerprint density at radius 3 is 2.21 bits per heavy atom. The second kappa shape index (κ2) is 7.26. The van der Waals surface area contributed by atoms with Crippen molar-refractivity contribution in [1.82, 2.24) is 0 Å². The summed E-state index contributed by atoms with van der Waals surface area (Å²) >= 11 is 5.94. The van der Waals surface area contributed by atoms with E-state index < -0.39 is 9.84 Å². The van der Waals surface area contributed by atoms with Crippen LogP contribution < -0.4 is 0 Å². The standard InChI is InChI=1S/C19H23ClO3S/c1-19(2,3)13-24(21,22)17-9-10-18(15(11-17)12-23-4)14-5-7-16(20)8-6-14/h5-11H,12-13H2,1-4H3. The Hall–Kier alpha value is -1.36. The molecule has 0 aromatic heterocycles. The van der Waals surface area contributed by atoms with Gasteiger partial charge in [0.2, 0.25) is 0 Å². The van der Waals surface area contributed by atoms with E-state index in [9.17, 15) is 8.42 Å². The Balaban J connectivity index is 2.48. The molecule has 0 atom stereocenters. The van der Waals surface area contributed by atoms with Gasteiger partial charge in [-0.2, -0.15) is 0 Å². The van der Waals surface area contributed by atoms with Crippen LogP contribution in [0.5, 0.6) is 0 Å². The van der Waals surface area contributed by atoms with Gasteiger partial charge in [0.05, 0.1) is 17.3 Å². The zero-order valence-corrected chi connectivity index (χ0v) is 16.0. The number of hydrogen-bond acceptors (Lipinski definition) is 3. The molecule has 130 valence electrons. The zero-order chi connectivity index (χ0) is 18.0. The van der Waals surface area contributed by atoms with E-state index in [1.54, 1.807) is 19.2 Å². The van der Waals surface area contributed by atoms with E-state index in [-0.39, 0.29) is 11.2 Å². The van der Waals surface area contributed by atoms with Crippen molar-refractivity contribution in [3.05, 3.63) is 53.1 Å². The second-order valence-corrected chi connectivity index (χ2v) is 9.50. The van der Waals surface area contributed by atoms with Crippen LogP contribution in [0.15, 0.2) is 47.4 Å². The van der Waals surface area contributed by atoms with Crippen molar-refractivity contribution in [2.45, 2.75) is 32.3 Å². The predicted octanol–water partition coefficient (Wildman–Crippen LogP) is 4.97. The molecule has 0 N–H and O–H groups in total. The van der Waals surface area contributed by atoms with Crippen LogP contribution >= 0.6 is 11.6 Å². The summed E-state index contributed by atoms with van der Waals surface area (Å²) in [5, 5.41) is 0.663. The van der Waals surface area contributed by atoms with E-state index in [0.29, 0.717) is 16.5 Å². The molecule has 0 radical (unpaired) electrons. The van der Waals surface area contributed by atoms with Gasteiger partial charge in [-0.1, -0.05) is 50.6 Å². The minimum Gasteiger partial charge on any atom is -0.380 e. The number of methoxy groups -OCH3 is 1. The molecule has 24 heavy (non-hydrogen) atoms. The average molecular weight is 367 g/mol. The molecule has 0 bridgehead atoms. The Bertz CT molecular complexity index is 803. The minimum atomic E-state index is -3.34. The molecule has 0 unspecified atom stereocenters. The topological polar surface area (TPSA) is 43.4 Å². The monoisotopic (exact) mass is 366 g/mol. The van der Waals surface area contributed by atoms with Crippen molar-refractivity contribution in [3.8, 4) is 11.1 Å². The zero-order valence-electron chi connectivity index (χ0n) is 14.5. The van der Waals surface area contributed by atoms with E-state index in [0.717, 1.165) is 16.7 Å². The molecule has 0 saturated heterocycles. The highest BCUT2D eigenvalue weighted by atomic mass is 35.5. The lowest BCUT2D eigenvalue weighted by Crippen LogP contribution is -2.21. The lowest BCUT2D eigenvalue weighted by atomic mass is 10.00. The van der Waals surface area contributed by atoms with Crippen LogP contribution in [0.3, 0.4) is 0 Å². The number of sulfone groups is 1. The van der Waals surface area contributed by atoms with Gasteiger partial charge >= 0.3 is 0 Å². The van der Waals surface area contributed by atoms with Crippen molar-refractivity contribution in [2.24, 2.45) is 5.41 Å². The molecule has 2 rings (SSSR count). The van der Waals surface area contributed by atoms with E-state index in [2.05, 4.69) is 0 Å². The smallest absolute Gasteiger partial charge is 0.178 e. The molecule has 2 aromatic rings. The Morgan fingerprint density at radius 1 is 1.04 bits per heavy atom. The summed E-state index contributed by atoms with van der Waals surface area (Å²) < 4.78 is 30.5. The fourth-order valence-electron chi connectivity index (χ4n) is 2.60. The van der Waals surface area contributed by atoms with Crippen molar-refractivity contribution in [3.63, 3.8) is 0 Å². The van der Waals surface area contributed by atoms with E-state index >= 15 is 0 Å². The summed E-state index contributed by atoms with van der Waals surface area (Å²) in [7, 11) is -1.74. The molecule has 3 nitrogen and oxygen atoms in total. The first-order valence-electron chi connectivity index (χ1n) is 7.73. The fraction of sp³-hybridized carbons (Fsp3) is 0.368. The molecule has 0 heterocycles. The van der Waals surface area contributed by atoms with Crippen molar-refractivity contribution < 1.29 is 13.2 Å². The Labute approximate surface area is 149 Å². The normalized spacial score (nSPS) is 12.4. The van der Waals surface area contributed by atoms with Gasteiger partial charge in [0.15, 0.2) is 9.84 Å². The molecular weight excluding hydrogens is 344 g/mol. The maximum absolute atomic E-state index is 12.6. The maximum atomic E-state index is 12.6. The van der Waals surface area contributed by atoms with Crippen molar-refractivity contribution in [2.75, 3.05) is 12.9 Å². The summed E-state index contributed by atoms with van der Waals surface area (Å²) in [6.45, 7) is 6.10. The Morgan fingerprint density at radius 2 is 1.67 bits per heavy atom. The number of hydrogen-bond donors (Lipinski definition) is 0. The summed E-state index contributed by atoms with van der Waals surface area (Å²) in [6, 6.07) is 12.7. The summed E-state index contributed by atoms with van der Waals surface area (Å²) in [5.41, 5.74) is 2.47. The van der Waals surface area contributed by atoms with Crippen LogP contribution in [0.2, 0.25) is 5.02 Å². The summed E-state index contributed by atoms with van der Waals surface area (Å²) in [4.78, 5) is 0.335. The van der Waals surface area contributed by atoms with Crippen LogP contribution in [0.25, 0.3) is 11.1 Å². The fourth-order valence-corrected chi connectivity index (χ4v) is 4.63. The third-order valence-corrected chi connectivity index (χ3v) is 5.98. The highest BCUT2D eigenvalue weighted by Gasteiger charge is 2.24. The lowest BCUT2D eigenvalue weighted by Gasteiger charge is -2.19. The minimum absolute atomic E-state index is 0.104. The van der Waals surface area contributed by atoms with E-state index in [1.165, 1.54) is 0 Å². The molecule has 0 amide bonds. The summed E-state index contributed by atoms with van der Waals surface area (Å²) in [6.07, 6.45) is 0. The van der Waals surface area contributed by atoms with Gasteiger partial charge in [0.1, 0.15) is 0 Å². The molecule has 0 aliphatic carbocycles. The van der Waals surface area contributed by atoms with E-state index in [4.69, 9.17) is 16.3 Å². The van der Waals surface area contributed by atoms with Crippen molar-refractivity contribution in [1.29, 1.82) is 0 Å². The molecule has 0 aliphatic heterocycles. The number of benzene rings is 2. The number of rotatable bonds is 5. The maximum Gasteiger partial charge on any atom is 0.178 e. The molecule has 0 spiro atoms. The first-order chi connectivity index (χ1) is 11.1. The van der Waals surface area contributed by atoms with Crippen LogP contribution in [-0.4, -0.2) is 21.3 Å². The van der Waals surface area contributed by atoms with Crippen LogP contribution in [0.1, 0.15) is 26.3 Å². The Kier molecular flexibility index (Phi) is 5.74. The van der Waals surface area contributed by atoms with Gasteiger partial charge in [0, 0.05) is 12.1 Å². The molecule has 5 heteroatoms. The second-order valence-electron chi connectivity index (χ2n) is 7.08. The predicted molar refractivity (Wildman–Crippen MR) is 99.1 cm³/mol. The molecule has 0 aliphatic rings. The molecule has 2 aromatic carbocycles. The SMILES string of the molecule is COCc1cc(S(=O)(=O)CC(C)(C)C)ccc1-c1ccc(Cl)cc1. The van der Waals surface area contributed by atoms with Gasteiger partial charge in [-0.05, 0) is 46.4 Å². The molecule has 0 saturated carbocycles. The quantitative estimate of drug-likeness (QED) is 0.750. The van der Waals surface area contributed by atoms with Gasteiger partial charge in [-0.3, -0.25) is 0 Å². The number of ether oxygens (including phenoxy) is 1. The first-order valence-corrected chi connectivity index (χ1v) is 9.76. The third kappa shape index (κ3) is 4.82. The highest BCUT2D eigenvalue weighted by molar-refractivity contribution is 7.91. The molecule has 0 fully saturated rings. The van der Waals surface area contributed by atoms with Gasteiger partial charge in [-0.25, -0.2) is 8.42 Å². The van der Waals surface area contributed by atoms with Crippen molar-refractivity contribution >= 4 is 21.4 Å². The van der Waals surface area contributed by atoms with Gasteiger partial charge in [-0.15, -0.1) is 0 Å². The lowest BCUT2D eigenvalue weighted by molar-refractivity contribution is 0.185. The van der Waals surface area contributed by atoms with E-state index in [1.807, 2.05) is 51.1 Å². The van der Waals surface area contributed by atoms with Gasteiger partial charge in [0.25, 0.3) is 0 Å². The molecular formula is C19H23ClO3S.